The smallest absolute Gasteiger partial charge is 0.198 e. The van der Waals surface area contributed by atoms with Gasteiger partial charge in [0.25, 0.3) is 0 Å². The molecule has 0 spiro atoms. The largest absolute Gasteiger partial charge is 0.486 e. The number of nitriles is 1. The average molecular weight is 258 g/mol. The quantitative estimate of drug-likeness (QED) is 0.716. The lowest BCUT2D eigenvalue weighted by atomic mass is 10.2. The van der Waals surface area contributed by atoms with Crippen molar-refractivity contribution in [2.24, 2.45) is 0 Å². The van der Waals surface area contributed by atoms with E-state index in [1.807, 2.05) is 6.07 Å². The normalized spacial score (nSPS) is 13.5. The van der Waals surface area contributed by atoms with Crippen LogP contribution in [0.25, 0.3) is 0 Å². The summed E-state index contributed by atoms with van der Waals surface area (Å²) in [6.45, 7) is 0.696. The molecule has 0 fully saturated rings. The van der Waals surface area contributed by atoms with Crippen LogP contribution < -0.4 is 9.47 Å². The maximum absolute atomic E-state index is 13.5. The first kappa shape index (κ1) is 9.28. The van der Waals surface area contributed by atoms with Crippen molar-refractivity contribution in [2.75, 3.05) is 13.2 Å². The molecule has 1 aliphatic heterocycles. The lowest BCUT2D eigenvalue weighted by Gasteiger charge is -2.19. The van der Waals surface area contributed by atoms with Crippen LogP contribution in [-0.4, -0.2) is 13.2 Å². The molecule has 0 atom stereocenters. The Hall–Kier alpha value is -1.28. The monoisotopic (exact) mass is 257 g/mol. The molecule has 5 heteroatoms. The molecule has 0 aromatic heterocycles. The third-order valence-corrected chi connectivity index (χ3v) is 2.61. The van der Waals surface area contributed by atoms with E-state index >= 15 is 0 Å². The molecule has 0 saturated carbocycles. The highest BCUT2D eigenvalue weighted by atomic mass is 79.9. The van der Waals surface area contributed by atoms with Crippen molar-refractivity contribution in [1.82, 2.24) is 0 Å². The van der Waals surface area contributed by atoms with E-state index < -0.39 is 5.82 Å². The second-order valence-corrected chi connectivity index (χ2v) is 3.48. The van der Waals surface area contributed by atoms with Crippen LogP contribution >= 0.6 is 15.9 Å². The maximum Gasteiger partial charge on any atom is 0.198 e. The Morgan fingerprint density at radius 1 is 1.43 bits per heavy atom. The van der Waals surface area contributed by atoms with E-state index in [9.17, 15) is 4.39 Å². The van der Waals surface area contributed by atoms with E-state index in [-0.39, 0.29) is 21.5 Å². The van der Waals surface area contributed by atoms with E-state index in [1.165, 1.54) is 6.07 Å². The molecular formula is C9H5BrFNO2. The Morgan fingerprint density at radius 2 is 2.14 bits per heavy atom. The molecule has 0 saturated heterocycles. The number of ether oxygens (including phenoxy) is 2. The topological polar surface area (TPSA) is 42.2 Å². The molecule has 72 valence electrons. The Bertz CT molecular complexity index is 428. The first-order chi connectivity index (χ1) is 6.74. The summed E-state index contributed by atoms with van der Waals surface area (Å²) in [6.07, 6.45) is 0. The first-order valence-corrected chi connectivity index (χ1v) is 4.71. The van der Waals surface area contributed by atoms with Gasteiger partial charge in [-0.15, -0.1) is 0 Å². The highest BCUT2D eigenvalue weighted by molar-refractivity contribution is 9.10. The number of fused-ring (bicyclic) bond motifs is 1. The second-order valence-electron chi connectivity index (χ2n) is 2.69. The van der Waals surface area contributed by atoms with Gasteiger partial charge in [-0.2, -0.15) is 5.26 Å². The zero-order valence-electron chi connectivity index (χ0n) is 7.01. The van der Waals surface area contributed by atoms with Gasteiger partial charge in [-0.3, -0.25) is 0 Å². The minimum absolute atomic E-state index is 0.0714. The number of nitrogens with zero attached hydrogens (tertiary/aromatic N) is 1. The lowest BCUT2D eigenvalue weighted by molar-refractivity contribution is 0.164. The van der Waals surface area contributed by atoms with E-state index in [1.54, 1.807) is 0 Å². The van der Waals surface area contributed by atoms with E-state index in [4.69, 9.17) is 14.7 Å². The van der Waals surface area contributed by atoms with Crippen molar-refractivity contribution in [1.29, 1.82) is 5.26 Å². The summed E-state index contributed by atoms with van der Waals surface area (Å²) in [7, 11) is 0. The molecule has 0 unspecified atom stereocenters. The Kier molecular flexibility index (Phi) is 2.30. The van der Waals surface area contributed by atoms with E-state index in [2.05, 4.69) is 15.9 Å². The van der Waals surface area contributed by atoms with Crippen LogP contribution in [0, 0.1) is 17.1 Å². The van der Waals surface area contributed by atoms with Crippen LogP contribution in [0.2, 0.25) is 0 Å². The fourth-order valence-corrected chi connectivity index (χ4v) is 1.59. The molecular weight excluding hydrogens is 253 g/mol. The predicted molar refractivity (Wildman–Crippen MR) is 49.8 cm³/mol. The number of hydrogen-bond acceptors (Lipinski definition) is 3. The zero-order chi connectivity index (χ0) is 10.1. The Labute approximate surface area is 88.2 Å². The lowest BCUT2D eigenvalue weighted by Crippen LogP contribution is -2.16. The predicted octanol–water partition coefficient (Wildman–Crippen LogP) is 2.23. The summed E-state index contributed by atoms with van der Waals surface area (Å²) in [4.78, 5) is 0. The molecule has 3 nitrogen and oxygen atoms in total. The van der Waals surface area contributed by atoms with Crippen molar-refractivity contribution in [3.63, 3.8) is 0 Å². The molecule has 2 rings (SSSR count). The number of benzene rings is 1. The summed E-state index contributed by atoms with van der Waals surface area (Å²) >= 11 is 2.99. The molecule has 0 N–H and O–H groups in total. The van der Waals surface area contributed by atoms with E-state index in [0.29, 0.717) is 13.2 Å². The second kappa shape index (κ2) is 3.46. The highest BCUT2D eigenvalue weighted by Crippen LogP contribution is 2.38. The van der Waals surface area contributed by atoms with Gasteiger partial charge in [-0.1, -0.05) is 0 Å². The molecule has 1 heterocycles. The average Bonchev–Trinajstić information content (AvgIpc) is 2.23. The van der Waals surface area contributed by atoms with Crippen LogP contribution in [-0.2, 0) is 0 Å². The van der Waals surface area contributed by atoms with Gasteiger partial charge in [0.15, 0.2) is 17.3 Å². The van der Waals surface area contributed by atoms with Gasteiger partial charge in [0.1, 0.15) is 19.3 Å². The summed E-state index contributed by atoms with van der Waals surface area (Å²) in [5, 5.41) is 8.70. The molecule has 1 aromatic rings. The third-order valence-electron chi connectivity index (χ3n) is 1.84. The van der Waals surface area contributed by atoms with Crippen molar-refractivity contribution in [2.45, 2.75) is 0 Å². The van der Waals surface area contributed by atoms with Crippen molar-refractivity contribution < 1.29 is 13.9 Å². The minimum atomic E-state index is -0.584. The Balaban J connectivity index is 2.64. The molecule has 0 amide bonds. The van der Waals surface area contributed by atoms with Crippen LogP contribution in [0.4, 0.5) is 4.39 Å². The van der Waals surface area contributed by atoms with Gasteiger partial charge in [0.2, 0.25) is 0 Å². The van der Waals surface area contributed by atoms with Crippen LogP contribution in [0.3, 0.4) is 0 Å². The van der Waals surface area contributed by atoms with Crippen LogP contribution in [0.15, 0.2) is 10.5 Å². The maximum atomic E-state index is 13.5. The molecule has 1 aliphatic rings. The van der Waals surface area contributed by atoms with E-state index in [0.717, 1.165) is 0 Å². The Morgan fingerprint density at radius 3 is 2.86 bits per heavy atom. The summed E-state index contributed by atoms with van der Waals surface area (Å²) in [5.41, 5.74) is 0.201. The van der Waals surface area contributed by atoms with Gasteiger partial charge in [-0.25, -0.2) is 4.39 Å². The third kappa shape index (κ3) is 1.32. The van der Waals surface area contributed by atoms with Crippen molar-refractivity contribution in [3.05, 3.63) is 21.9 Å². The van der Waals surface area contributed by atoms with Gasteiger partial charge in [0.05, 0.1) is 10.0 Å². The zero-order valence-corrected chi connectivity index (χ0v) is 8.60. The molecule has 0 radical (unpaired) electrons. The van der Waals surface area contributed by atoms with Gasteiger partial charge in [-0.05, 0) is 15.9 Å². The molecule has 0 bridgehead atoms. The van der Waals surface area contributed by atoms with Crippen LogP contribution in [0.5, 0.6) is 11.5 Å². The van der Waals surface area contributed by atoms with Gasteiger partial charge >= 0.3 is 0 Å². The summed E-state index contributed by atoms with van der Waals surface area (Å²) in [5.74, 6) is -0.227. The number of halogens is 2. The van der Waals surface area contributed by atoms with Crippen LogP contribution in [0.1, 0.15) is 5.56 Å². The standard InChI is InChI=1S/C9H5BrFNO2/c10-7-5(4-12)3-6-9(8(7)11)14-2-1-13-6/h3H,1-2H2. The van der Waals surface area contributed by atoms with Crippen molar-refractivity contribution in [3.8, 4) is 17.6 Å². The molecule has 0 aliphatic carbocycles. The summed E-state index contributed by atoms with van der Waals surface area (Å²) < 4.78 is 23.9. The van der Waals surface area contributed by atoms with Gasteiger partial charge in [0, 0.05) is 6.07 Å². The first-order valence-electron chi connectivity index (χ1n) is 3.91. The number of hydrogen-bond donors (Lipinski definition) is 0. The van der Waals surface area contributed by atoms with Crippen molar-refractivity contribution >= 4 is 15.9 Å². The summed E-state index contributed by atoms with van der Waals surface area (Å²) in [6, 6.07) is 3.32. The molecule has 1 aromatic carbocycles. The highest BCUT2D eigenvalue weighted by Gasteiger charge is 2.21. The SMILES string of the molecule is N#Cc1cc2c(c(F)c1Br)OCCO2. The fourth-order valence-electron chi connectivity index (χ4n) is 1.20. The minimum Gasteiger partial charge on any atom is -0.486 e. The number of rotatable bonds is 0. The molecule has 14 heavy (non-hydrogen) atoms. The van der Waals surface area contributed by atoms with Gasteiger partial charge < -0.3 is 9.47 Å². The fraction of sp³-hybridized carbons (Fsp3) is 0.222.